The summed E-state index contributed by atoms with van der Waals surface area (Å²) in [4.78, 5) is 14.2. The van der Waals surface area contributed by atoms with Gasteiger partial charge in [-0.3, -0.25) is 9.69 Å². The van der Waals surface area contributed by atoms with Gasteiger partial charge in [0.1, 0.15) is 0 Å². The van der Waals surface area contributed by atoms with E-state index in [9.17, 15) is 13.2 Å². The monoisotopic (exact) mass is 1210 g/mol. The van der Waals surface area contributed by atoms with Crippen LogP contribution in [0.15, 0.2) is 138 Å². The summed E-state index contributed by atoms with van der Waals surface area (Å²) in [6, 6.07) is 45.1. The molecule has 0 amide bonds. The van der Waals surface area contributed by atoms with E-state index in [1.54, 1.807) is 31.4 Å². The van der Waals surface area contributed by atoms with E-state index in [2.05, 4.69) is 136 Å². The van der Waals surface area contributed by atoms with E-state index in [1.165, 1.54) is 140 Å². The Labute approximate surface area is 512 Å². The van der Waals surface area contributed by atoms with E-state index in [4.69, 9.17) is 11.6 Å². The van der Waals surface area contributed by atoms with Gasteiger partial charge in [0, 0.05) is 41.1 Å². The van der Waals surface area contributed by atoms with E-state index in [1.807, 2.05) is 68.4 Å². The molecule has 9 unspecified atom stereocenters. The zero-order chi connectivity index (χ0) is 58.8. The van der Waals surface area contributed by atoms with Crippen molar-refractivity contribution in [2.24, 2.45) is 52.8 Å². The van der Waals surface area contributed by atoms with Gasteiger partial charge in [-0.1, -0.05) is 227 Å². The summed E-state index contributed by atoms with van der Waals surface area (Å²) in [5.74, 6) is 9.72. The smallest absolute Gasteiger partial charge is 0.243 e. The van der Waals surface area contributed by atoms with Gasteiger partial charge in [-0.25, -0.2) is 8.42 Å². The Hall–Kier alpha value is -3.59. The van der Waals surface area contributed by atoms with Crippen LogP contribution < -0.4 is 0 Å². The molecule has 8 saturated carbocycles. The van der Waals surface area contributed by atoms with Crippen molar-refractivity contribution >= 4 is 43.3 Å². The molecule has 9 atom stereocenters. The van der Waals surface area contributed by atoms with Gasteiger partial charge in [0.25, 0.3) is 0 Å². The lowest BCUT2D eigenvalue weighted by Gasteiger charge is -2.05. The summed E-state index contributed by atoms with van der Waals surface area (Å²) >= 11 is 9.19. The van der Waals surface area contributed by atoms with Crippen LogP contribution in [0.4, 0.5) is 0 Å². The normalized spacial score (nSPS) is 26.5. The maximum absolute atomic E-state index is 11.8. The number of alkyl halides is 1. The molecule has 0 aromatic heterocycles. The molecule has 2 aliphatic heterocycles. The Bertz CT molecular complexity index is 2730. The van der Waals surface area contributed by atoms with E-state index in [0.29, 0.717) is 29.4 Å². The van der Waals surface area contributed by atoms with Crippen LogP contribution in [0.25, 0.3) is 0 Å². The first-order chi connectivity index (χ1) is 39.3. The molecule has 0 bridgehead atoms. The fourth-order valence-electron chi connectivity index (χ4n) is 10.4. The van der Waals surface area contributed by atoms with Crippen LogP contribution >= 0.6 is 27.5 Å². The van der Waals surface area contributed by atoms with Crippen molar-refractivity contribution < 1.29 is 13.2 Å². The Kier molecular flexibility index (Phi) is 25.9. The molecule has 5 nitrogen and oxygen atoms in total. The minimum absolute atomic E-state index is 0.168. The van der Waals surface area contributed by atoms with Crippen LogP contribution in [-0.4, -0.2) is 60.5 Å². The third-order valence-electron chi connectivity index (χ3n) is 18.2. The average molecular weight is 1220 g/mol. The number of hydrogen-bond acceptors (Lipinski definition) is 4. The third-order valence-corrected chi connectivity index (χ3v) is 21.3. The number of nitrogens with zero attached hydrogens (tertiary/aromatic N) is 2. The van der Waals surface area contributed by atoms with Gasteiger partial charge in [-0.2, -0.15) is 4.31 Å². The number of Topliss-reactive ketones (excluding diaryl/α,β-unsaturated/α-hetero) is 1. The fourth-order valence-corrected chi connectivity index (χ4v) is 13.3. The van der Waals surface area contributed by atoms with Crippen molar-refractivity contribution in [1.29, 1.82) is 0 Å². The summed E-state index contributed by atoms with van der Waals surface area (Å²) in [6.07, 6.45) is 26.2. The number of sulfonamides is 1. The Morgan fingerprint density at radius 2 is 1.09 bits per heavy atom. The molecule has 10 aliphatic rings. The lowest BCUT2D eigenvalue weighted by molar-refractivity contribution is 0.0971. The SMILES string of the molecule is C1CCC2CC2C1.CC1(C)CC1CBr.CC1CC1.CC1CN1CC(=O)c1ccccc1.CCC1CC1C.Cc1ccc(CC2CC2)cc1.Cc1ccc(S(=O)(=O)N2CC2C)cc1.Clc1ccc(C2CC2)cc1.c1ccc(CC2CC2)cc1. The third kappa shape index (κ3) is 25.5. The largest absolute Gasteiger partial charge is 0.293 e. The van der Waals surface area contributed by atoms with Gasteiger partial charge in [-0.15, -0.1) is 0 Å². The minimum Gasteiger partial charge on any atom is -0.293 e. The van der Waals surface area contributed by atoms with E-state index < -0.39 is 10.0 Å². The van der Waals surface area contributed by atoms with Crippen molar-refractivity contribution in [3.05, 3.63) is 172 Å². The van der Waals surface area contributed by atoms with Gasteiger partial charge in [0.05, 0.1) is 11.4 Å². The topological polar surface area (TPSA) is 57.2 Å². The summed E-state index contributed by atoms with van der Waals surface area (Å²) in [7, 11) is -3.20. The number of ketones is 1. The maximum Gasteiger partial charge on any atom is 0.243 e. The lowest BCUT2D eigenvalue weighted by Crippen LogP contribution is -2.14. The number of halogens is 2. The van der Waals surface area contributed by atoms with Gasteiger partial charge >= 0.3 is 0 Å². The van der Waals surface area contributed by atoms with Crippen molar-refractivity contribution in [2.45, 2.75) is 201 Å². The predicted molar refractivity (Wildman–Crippen MR) is 352 cm³/mol. The second kappa shape index (κ2) is 32.2. The molecule has 2 heterocycles. The number of hydrogen-bond donors (Lipinski definition) is 0. The molecule has 0 radical (unpaired) electrons. The van der Waals surface area contributed by atoms with Crippen molar-refractivity contribution in [1.82, 2.24) is 9.21 Å². The van der Waals surface area contributed by atoms with Gasteiger partial charge in [0.2, 0.25) is 10.0 Å². The first-order valence-electron chi connectivity index (χ1n) is 32.1. The molecular formula is C74H104BrClN2O3S. The number of fused-ring (bicyclic) bond motifs is 1. The molecule has 0 N–H and O–H groups in total. The van der Waals surface area contributed by atoms with Crippen LogP contribution in [0.3, 0.4) is 0 Å². The molecule has 8 heteroatoms. The highest BCUT2D eigenvalue weighted by Crippen LogP contribution is 2.52. The Morgan fingerprint density at radius 1 is 0.622 bits per heavy atom. The highest BCUT2D eigenvalue weighted by Gasteiger charge is 2.44. The number of aryl methyl sites for hydroxylation is 2. The second-order valence-corrected chi connectivity index (χ2v) is 30.0. The zero-order valence-electron chi connectivity index (χ0n) is 51.9. The van der Waals surface area contributed by atoms with Gasteiger partial charge in [-0.05, 0) is 198 Å². The van der Waals surface area contributed by atoms with Crippen LogP contribution in [-0.2, 0) is 22.9 Å². The first-order valence-corrected chi connectivity index (χ1v) is 35.1. The van der Waals surface area contributed by atoms with Crippen molar-refractivity contribution in [3.8, 4) is 0 Å². The fraction of sp³-hybridized carbons (Fsp3) is 0.581. The van der Waals surface area contributed by atoms with Crippen LogP contribution in [0.1, 0.15) is 195 Å². The second-order valence-electron chi connectivity index (χ2n) is 27.0. The van der Waals surface area contributed by atoms with E-state index in [0.717, 1.165) is 64.1 Å². The minimum atomic E-state index is -3.20. The molecular weight excluding hydrogens is 1110 g/mol. The summed E-state index contributed by atoms with van der Waals surface area (Å²) in [5.41, 5.74) is 8.39. The first kappa shape index (κ1) is 65.9. The van der Waals surface area contributed by atoms with E-state index >= 15 is 0 Å². The summed E-state index contributed by atoms with van der Waals surface area (Å²) < 4.78 is 25.2. The molecule has 8 aliphatic carbocycles. The molecule has 448 valence electrons. The molecule has 2 saturated heterocycles. The molecule has 15 rings (SSSR count). The van der Waals surface area contributed by atoms with Crippen molar-refractivity contribution in [3.63, 3.8) is 0 Å². The summed E-state index contributed by atoms with van der Waals surface area (Å²) in [6.45, 7) is 21.9. The molecule has 82 heavy (non-hydrogen) atoms. The number of benzene rings is 5. The number of carbonyl (C=O) groups is 1. The van der Waals surface area contributed by atoms with Crippen LogP contribution in [0, 0.1) is 66.6 Å². The van der Waals surface area contributed by atoms with Gasteiger partial charge in [0.15, 0.2) is 5.78 Å². The Balaban J connectivity index is 0.000000135. The number of carbonyl (C=O) groups excluding carboxylic acids is 1. The van der Waals surface area contributed by atoms with Gasteiger partial charge < -0.3 is 0 Å². The zero-order valence-corrected chi connectivity index (χ0v) is 55.1. The maximum atomic E-state index is 11.8. The average Bonchev–Trinajstić information content (AvgIpc) is 4.47. The molecule has 5 aromatic rings. The quantitative estimate of drug-likeness (QED) is 0.0710. The Morgan fingerprint density at radius 3 is 1.44 bits per heavy atom. The standard InChI is InChI=1S/C11H13NO.C11H14.C10H13NO2S.C10H12.C9H9Cl.C7H12.C6H11Br.C6H12.C4H8/c1-9-7-12(9)8-11(13)10-5-3-2-4-6-10;1-9-2-4-10(5-3-9)8-11-6-7-11;1-8-3-5-10(6-4-8)14(12,13)11-7-9(11)2;1-2-4-9(5-3-1)8-10-6-7-10;10-9-5-3-8(4-6-9)7-1-2-7;1-2-4-7-5-6(7)3-1;1-6(2)3-5(6)4-7;1-3-6-4-5(6)2;1-4-2-3-4/h2-6,9H,7-8H2,1H3;2-5,11H,6-8H2,1H3;3-6,9H,7H2,1-2H3;1-5,10H,6-8H2;3-7H,1-2H2;6-7H,1-5H2;5H,3-4H2,1-2H3;5-6H,3-4H2,1-2H3;4H,2-3H2,1H3. The molecule has 5 aromatic carbocycles. The lowest BCUT2D eigenvalue weighted by atomic mass is 10.0. The predicted octanol–water partition coefficient (Wildman–Crippen LogP) is 19.9. The number of rotatable bonds is 12. The summed E-state index contributed by atoms with van der Waals surface area (Å²) in [5, 5.41) is 2.03. The van der Waals surface area contributed by atoms with Crippen molar-refractivity contribution in [2.75, 3.05) is 25.0 Å². The van der Waals surface area contributed by atoms with E-state index in [-0.39, 0.29) is 11.8 Å². The van der Waals surface area contributed by atoms with Crippen LogP contribution in [0.5, 0.6) is 0 Å². The molecule has 10 fully saturated rings. The highest BCUT2D eigenvalue weighted by atomic mass is 79.9. The van der Waals surface area contributed by atoms with Crippen LogP contribution in [0.2, 0.25) is 5.02 Å². The highest BCUT2D eigenvalue weighted by molar-refractivity contribution is 9.09. The molecule has 0 spiro atoms.